The lowest BCUT2D eigenvalue weighted by atomic mass is 10.7. The maximum absolute atomic E-state index is 9.03. The standard InChI is InChI=1S/C3H3O2/c4-2-1-3-5/h1-2,4H. The third-order valence-corrected chi connectivity index (χ3v) is 0.143. The topological polar surface area (TPSA) is 37.3 Å². The summed E-state index contributed by atoms with van der Waals surface area (Å²) in [6.07, 6.45) is 2.84. The van der Waals surface area contributed by atoms with Crippen molar-refractivity contribution in [1.29, 1.82) is 0 Å². The molecule has 2 nitrogen and oxygen atoms in total. The fourth-order valence-electron chi connectivity index (χ4n) is 0.0304. The molecule has 1 N–H and O–H groups in total. The van der Waals surface area contributed by atoms with Crippen LogP contribution in [0.1, 0.15) is 0 Å². The van der Waals surface area contributed by atoms with Crippen LogP contribution in [0.15, 0.2) is 12.3 Å². The maximum atomic E-state index is 9.03. The molecule has 2 heteroatoms. The summed E-state index contributed by atoms with van der Waals surface area (Å²) in [4.78, 5) is 9.03. The van der Waals surface area contributed by atoms with E-state index in [-0.39, 0.29) is 0 Å². The van der Waals surface area contributed by atoms with E-state index in [1.54, 1.807) is 0 Å². The highest BCUT2D eigenvalue weighted by atomic mass is 16.2. The summed E-state index contributed by atoms with van der Waals surface area (Å²) in [6.45, 7) is 0. The van der Waals surface area contributed by atoms with Gasteiger partial charge in [0.25, 0.3) is 0 Å². The van der Waals surface area contributed by atoms with Gasteiger partial charge in [-0.3, -0.25) is 4.79 Å². The Bertz CT molecular complexity index is 46.9. The van der Waals surface area contributed by atoms with Crippen molar-refractivity contribution in [1.82, 2.24) is 0 Å². The van der Waals surface area contributed by atoms with Crippen molar-refractivity contribution in [2.75, 3.05) is 0 Å². The van der Waals surface area contributed by atoms with E-state index in [0.717, 1.165) is 6.08 Å². The van der Waals surface area contributed by atoms with Crippen molar-refractivity contribution in [3.05, 3.63) is 12.3 Å². The predicted octanol–water partition coefficient (Wildman–Crippen LogP) is 0.168. The SMILES string of the molecule is O=[C]C=CO. The first-order chi connectivity index (χ1) is 2.41. The Morgan fingerprint density at radius 2 is 2.40 bits per heavy atom. The molecule has 0 rings (SSSR count). The third kappa shape index (κ3) is 3.21. The molecule has 0 saturated heterocycles. The normalized spacial score (nSPS) is 8.80. The summed E-state index contributed by atoms with van der Waals surface area (Å²) in [6, 6.07) is 0. The van der Waals surface area contributed by atoms with Gasteiger partial charge < -0.3 is 5.11 Å². The molecular weight excluding hydrogens is 68.0 g/mol. The van der Waals surface area contributed by atoms with Crippen LogP contribution < -0.4 is 0 Å². The molecule has 0 aliphatic rings. The molecule has 1 radical (unpaired) electrons. The molecule has 0 heterocycles. The van der Waals surface area contributed by atoms with Gasteiger partial charge in [0, 0.05) is 6.08 Å². The van der Waals surface area contributed by atoms with Crippen LogP contribution in [0.25, 0.3) is 0 Å². The van der Waals surface area contributed by atoms with Crippen LogP contribution in [-0.4, -0.2) is 11.4 Å². The smallest absolute Gasteiger partial charge is 0.228 e. The summed E-state index contributed by atoms with van der Waals surface area (Å²) in [5.74, 6) is 0. The number of aliphatic hydroxyl groups excluding tert-OH is 1. The number of rotatable bonds is 1. The van der Waals surface area contributed by atoms with Crippen LogP contribution in [0.5, 0.6) is 0 Å². The fourth-order valence-corrected chi connectivity index (χ4v) is 0.0304. The van der Waals surface area contributed by atoms with E-state index in [9.17, 15) is 0 Å². The molecule has 0 spiro atoms. The van der Waals surface area contributed by atoms with E-state index in [0.29, 0.717) is 6.26 Å². The molecule has 0 aliphatic carbocycles. The number of hydrogen-bond donors (Lipinski definition) is 1. The zero-order valence-corrected chi connectivity index (χ0v) is 2.51. The Hall–Kier alpha value is -0.790. The molecule has 0 aromatic carbocycles. The molecule has 0 aromatic rings. The van der Waals surface area contributed by atoms with Crippen LogP contribution >= 0.6 is 0 Å². The molecule has 0 aromatic heterocycles. The first kappa shape index (κ1) is 4.21. The van der Waals surface area contributed by atoms with E-state index >= 15 is 0 Å². The average Bonchev–Trinajstić information content (AvgIpc) is 1.41. The van der Waals surface area contributed by atoms with E-state index in [1.807, 2.05) is 0 Å². The van der Waals surface area contributed by atoms with Gasteiger partial charge in [0.1, 0.15) is 0 Å². The van der Waals surface area contributed by atoms with Crippen LogP contribution in [0.4, 0.5) is 0 Å². The second kappa shape index (κ2) is 3.21. The molecule has 0 unspecified atom stereocenters. The Morgan fingerprint density at radius 1 is 1.80 bits per heavy atom. The van der Waals surface area contributed by atoms with E-state index in [1.165, 1.54) is 6.29 Å². The number of carbonyl (C=O) groups excluding carboxylic acids is 1. The summed E-state index contributed by atoms with van der Waals surface area (Å²) in [7, 11) is 0. The van der Waals surface area contributed by atoms with Gasteiger partial charge in [0.05, 0.1) is 6.26 Å². The Labute approximate surface area is 29.7 Å². The summed E-state index contributed by atoms with van der Waals surface area (Å²) >= 11 is 0. The lowest BCUT2D eigenvalue weighted by molar-refractivity contribution is 0.473. The van der Waals surface area contributed by atoms with E-state index < -0.39 is 0 Å². The zero-order chi connectivity index (χ0) is 4.12. The van der Waals surface area contributed by atoms with Gasteiger partial charge in [0.2, 0.25) is 6.29 Å². The Balaban J connectivity index is 2.92. The van der Waals surface area contributed by atoms with Crippen LogP contribution in [0, 0.1) is 0 Å². The third-order valence-electron chi connectivity index (χ3n) is 0.143. The van der Waals surface area contributed by atoms with Gasteiger partial charge in [-0.15, -0.1) is 0 Å². The molecule has 0 amide bonds. The molecule has 0 aliphatic heterocycles. The summed E-state index contributed by atoms with van der Waals surface area (Å²) in [5.41, 5.74) is 0. The minimum Gasteiger partial charge on any atom is -0.515 e. The molecule has 0 saturated carbocycles. The lowest BCUT2D eigenvalue weighted by Gasteiger charge is -1.52. The Kier molecular flexibility index (Phi) is 2.70. The lowest BCUT2D eigenvalue weighted by Crippen LogP contribution is -1.53. The highest BCUT2D eigenvalue weighted by Gasteiger charge is 1.53. The summed E-state index contributed by atoms with van der Waals surface area (Å²) < 4.78 is 0. The van der Waals surface area contributed by atoms with Crippen molar-refractivity contribution in [3.63, 3.8) is 0 Å². The monoisotopic (exact) mass is 71.0 g/mol. The highest BCUT2D eigenvalue weighted by Crippen LogP contribution is 1.49. The van der Waals surface area contributed by atoms with Gasteiger partial charge in [-0.05, 0) is 0 Å². The molecule has 0 bridgehead atoms. The molecule has 5 heavy (non-hydrogen) atoms. The van der Waals surface area contributed by atoms with E-state index in [4.69, 9.17) is 9.90 Å². The predicted molar refractivity (Wildman–Crippen MR) is 17.5 cm³/mol. The van der Waals surface area contributed by atoms with Crippen molar-refractivity contribution >= 4 is 6.29 Å². The van der Waals surface area contributed by atoms with Crippen LogP contribution in [0.3, 0.4) is 0 Å². The van der Waals surface area contributed by atoms with Crippen molar-refractivity contribution in [3.8, 4) is 0 Å². The van der Waals surface area contributed by atoms with Gasteiger partial charge in [0.15, 0.2) is 0 Å². The molecular formula is C3H3O2. The van der Waals surface area contributed by atoms with Crippen LogP contribution in [0.2, 0.25) is 0 Å². The quantitative estimate of drug-likeness (QED) is 0.353. The first-order valence-electron chi connectivity index (χ1n) is 1.08. The highest BCUT2D eigenvalue weighted by molar-refractivity contribution is 5.64. The Morgan fingerprint density at radius 3 is 2.40 bits per heavy atom. The van der Waals surface area contributed by atoms with Crippen molar-refractivity contribution in [2.45, 2.75) is 0 Å². The molecule has 0 atom stereocenters. The minimum atomic E-state index is 0.632. The van der Waals surface area contributed by atoms with Crippen LogP contribution in [-0.2, 0) is 4.79 Å². The molecule has 0 fully saturated rings. The maximum Gasteiger partial charge on any atom is 0.228 e. The van der Waals surface area contributed by atoms with Gasteiger partial charge in [-0.25, -0.2) is 0 Å². The minimum absolute atomic E-state index is 0.632. The van der Waals surface area contributed by atoms with Crippen molar-refractivity contribution in [2.24, 2.45) is 0 Å². The van der Waals surface area contributed by atoms with Gasteiger partial charge in [-0.1, -0.05) is 0 Å². The zero-order valence-electron chi connectivity index (χ0n) is 2.51. The summed E-state index contributed by atoms with van der Waals surface area (Å²) in [5, 5.41) is 7.62. The van der Waals surface area contributed by atoms with Crippen molar-refractivity contribution < 1.29 is 9.90 Å². The average molecular weight is 71.1 g/mol. The second-order valence-electron chi connectivity index (χ2n) is 0.434. The largest absolute Gasteiger partial charge is 0.515 e. The fraction of sp³-hybridized carbons (Fsp3) is 0. The van der Waals surface area contributed by atoms with E-state index in [2.05, 4.69) is 0 Å². The number of hydrogen-bond acceptors (Lipinski definition) is 2. The van der Waals surface area contributed by atoms with Gasteiger partial charge in [-0.2, -0.15) is 0 Å². The number of allylic oxidation sites excluding steroid dienone is 1. The number of aliphatic hydroxyl groups is 1. The molecule has 27 valence electrons. The first-order valence-corrected chi connectivity index (χ1v) is 1.08. The van der Waals surface area contributed by atoms with Gasteiger partial charge >= 0.3 is 0 Å². The second-order valence-corrected chi connectivity index (χ2v) is 0.434.